The van der Waals surface area contributed by atoms with E-state index in [2.05, 4.69) is 10.3 Å². The molecular weight excluding hydrogens is 286 g/mol. The molecule has 0 aliphatic rings. The average Bonchev–Trinajstić information content (AvgIpc) is 2.47. The molecule has 0 atom stereocenters. The Kier molecular flexibility index (Phi) is 5.06. The topological polar surface area (TPSA) is 85.1 Å². The van der Waals surface area contributed by atoms with Gasteiger partial charge in [0.25, 0.3) is 0 Å². The molecule has 0 aliphatic carbocycles. The van der Waals surface area contributed by atoms with Crippen LogP contribution in [0.15, 0.2) is 47.5 Å². The van der Waals surface area contributed by atoms with Crippen molar-refractivity contribution >= 4 is 9.84 Å². The highest BCUT2D eigenvalue weighted by Crippen LogP contribution is 2.10. The van der Waals surface area contributed by atoms with Gasteiger partial charge in [-0.3, -0.25) is 4.98 Å². The summed E-state index contributed by atoms with van der Waals surface area (Å²) < 4.78 is 22.7. The zero-order valence-corrected chi connectivity index (χ0v) is 12.7. The highest BCUT2D eigenvalue weighted by atomic mass is 32.2. The van der Waals surface area contributed by atoms with Gasteiger partial charge in [0.15, 0.2) is 9.84 Å². The summed E-state index contributed by atoms with van der Waals surface area (Å²) in [6.07, 6.45) is 2.96. The molecule has 0 saturated heterocycles. The Morgan fingerprint density at radius 1 is 1.10 bits per heavy atom. The van der Waals surface area contributed by atoms with Crippen molar-refractivity contribution in [3.8, 4) is 0 Å². The highest BCUT2D eigenvalue weighted by molar-refractivity contribution is 7.90. The second kappa shape index (κ2) is 6.80. The zero-order chi connectivity index (χ0) is 15.3. The summed E-state index contributed by atoms with van der Waals surface area (Å²) in [5.41, 5.74) is 8.58. The Hall–Kier alpha value is -1.76. The predicted octanol–water partition coefficient (Wildman–Crippen LogP) is 1.23. The molecule has 5 nitrogen and oxygen atoms in total. The van der Waals surface area contributed by atoms with E-state index in [1.165, 1.54) is 6.26 Å². The molecule has 1 heterocycles. The molecule has 112 valence electrons. The van der Waals surface area contributed by atoms with Crippen LogP contribution in [-0.2, 0) is 29.5 Å². The van der Waals surface area contributed by atoms with Crippen LogP contribution in [0.25, 0.3) is 0 Å². The van der Waals surface area contributed by atoms with Gasteiger partial charge in [0, 0.05) is 32.1 Å². The minimum absolute atomic E-state index is 0.341. The number of nitrogens with zero attached hydrogens (tertiary/aromatic N) is 1. The molecule has 0 aliphatic heterocycles. The summed E-state index contributed by atoms with van der Waals surface area (Å²) in [7, 11) is -3.13. The lowest BCUT2D eigenvalue weighted by atomic mass is 10.2. The molecule has 0 unspecified atom stereocenters. The third-order valence-corrected chi connectivity index (χ3v) is 4.23. The Bertz CT molecular complexity index is 697. The van der Waals surface area contributed by atoms with E-state index in [1.807, 2.05) is 24.3 Å². The van der Waals surface area contributed by atoms with E-state index in [0.29, 0.717) is 24.5 Å². The lowest BCUT2D eigenvalue weighted by molar-refractivity contribution is 0.602. The first-order valence-electron chi connectivity index (χ1n) is 6.62. The van der Waals surface area contributed by atoms with E-state index in [4.69, 9.17) is 5.73 Å². The van der Waals surface area contributed by atoms with Crippen LogP contribution in [0.2, 0.25) is 0 Å². The number of rotatable bonds is 6. The van der Waals surface area contributed by atoms with Crippen molar-refractivity contribution in [1.29, 1.82) is 0 Å². The molecule has 1 aromatic carbocycles. The van der Waals surface area contributed by atoms with Crippen molar-refractivity contribution in [3.63, 3.8) is 0 Å². The minimum Gasteiger partial charge on any atom is -0.325 e. The number of sulfone groups is 1. The molecule has 6 heteroatoms. The standard InChI is InChI=1S/C15H19N3O2S/c1-21(19,20)15-4-2-12(3-5-15)10-17-11-13-6-7-18-14(8-13)9-16/h2-8,17H,9-11,16H2,1H3. The van der Waals surface area contributed by atoms with E-state index in [9.17, 15) is 8.42 Å². The SMILES string of the molecule is CS(=O)(=O)c1ccc(CNCc2ccnc(CN)c2)cc1. The number of aromatic nitrogens is 1. The normalized spacial score (nSPS) is 11.5. The fraction of sp³-hybridized carbons (Fsp3) is 0.267. The van der Waals surface area contributed by atoms with Crippen LogP contribution in [0.1, 0.15) is 16.8 Å². The Labute approximate surface area is 125 Å². The number of nitrogens with two attached hydrogens (primary N) is 1. The second-order valence-corrected chi connectivity index (χ2v) is 6.89. The smallest absolute Gasteiger partial charge is 0.175 e. The summed E-state index contributed by atoms with van der Waals surface area (Å²) in [6, 6.07) is 10.8. The van der Waals surface area contributed by atoms with Crippen LogP contribution < -0.4 is 11.1 Å². The van der Waals surface area contributed by atoms with Crippen LogP contribution in [0.5, 0.6) is 0 Å². The maximum atomic E-state index is 11.4. The van der Waals surface area contributed by atoms with Gasteiger partial charge < -0.3 is 11.1 Å². The van der Waals surface area contributed by atoms with Gasteiger partial charge >= 0.3 is 0 Å². The van der Waals surface area contributed by atoms with Crippen LogP contribution in [-0.4, -0.2) is 19.7 Å². The molecule has 0 fully saturated rings. The zero-order valence-electron chi connectivity index (χ0n) is 11.9. The minimum atomic E-state index is -3.13. The van der Waals surface area contributed by atoms with Crippen LogP contribution in [0.3, 0.4) is 0 Å². The number of nitrogens with one attached hydrogen (secondary N) is 1. The summed E-state index contributed by atoms with van der Waals surface area (Å²) in [4.78, 5) is 4.49. The third kappa shape index (κ3) is 4.63. The van der Waals surface area contributed by atoms with Crippen molar-refractivity contribution in [2.45, 2.75) is 24.5 Å². The van der Waals surface area contributed by atoms with Crippen molar-refractivity contribution in [2.75, 3.05) is 6.26 Å². The molecular formula is C15H19N3O2S. The number of hydrogen-bond donors (Lipinski definition) is 2. The molecule has 2 rings (SSSR count). The summed E-state index contributed by atoms with van der Waals surface area (Å²) in [5.74, 6) is 0. The van der Waals surface area contributed by atoms with Crippen molar-refractivity contribution in [3.05, 3.63) is 59.4 Å². The van der Waals surface area contributed by atoms with Crippen LogP contribution in [0.4, 0.5) is 0 Å². The lowest BCUT2D eigenvalue weighted by Gasteiger charge is -2.07. The van der Waals surface area contributed by atoms with Gasteiger partial charge in [-0.15, -0.1) is 0 Å². The molecule has 2 aromatic rings. The van der Waals surface area contributed by atoms with Gasteiger partial charge in [-0.2, -0.15) is 0 Å². The quantitative estimate of drug-likeness (QED) is 0.838. The highest BCUT2D eigenvalue weighted by Gasteiger charge is 2.05. The molecule has 0 radical (unpaired) electrons. The van der Waals surface area contributed by atoms with Gasteiger partial charge in [0.2, 0.25) is 0 Å². The monoisotopic (exact) mass is 305 g/mol. The molecule has 0 spiro atoms. The summed E-state index contributed by atoms with van der Waals surface area (Å²) >= 11 is 0. The summed E-state index contributed by atoms with van der Waals surface area (Å²) in [5, 5.41) is 3.31. The fourth-order valence-corrected chi connectivity index (χ4v) is 2.59. The van der Waals surface area contributed by atoms with E-state index in [1.54, 1.807) is 18.3 Å². The second-order valence-electron chi connectivity index (χ2n) is 4.88. The molecule has 0 saturated carbocycles. The van der Waals surface area contributed by atoms with E-state index < -0.39 is 9.84 Å². The maximum absolute atomic E-state index is 11.4. The Balaban J connectivity index is 1.91. The van der Waals surface area contributed by atoms with Crippen LogP contribution >= 0.6 is 0 Å². The van der Waals surface area contributed by atoms with Crippen molar-refractivity contribution < 1.29 is 8.42 Å². The Morgan fingerprint density at radius 3 is 2.38 bits per heavy atom. The maximum Gasteiger partial charge on any atom is 0.175 e. The van der Waals surface area contributed by atoms with Crippen LogP contribution in [0, 0.1) is 0 Å². The van der Waals surface area contributed by atoms with Gasteiger partial charge in [-0.1, -0.05) is 12.1 Å². The van der Waals surface area contributed by atoms with E-state index in [0.717, 1.165) is 16.8 Å². The first-order chi connectivity index (χ1) is 9.99. The molecule has 3 N–H and O–H groups in total. The van der Waals surface area contributed by atoms with E-state index in [-0.39, 0.29) is 0 Å². The summed E-state index contributed by atoms with van der Waals surface area (Å²) in [6.45, 7) is 1.81. The first kappa shape index (κ1) is 15.6. The number of pyridine rings is 1. The average molecular weight is 305 g/mol. The number of hydrogen-bond acceptors (Lipinski definition) is 5. The van der Waals surface area contributed by atoms with Gasteiger partial charge in [0.05, 0.1) is 10.6 Å². The molecule has 21 heavy (non-hydrogen) atoms. The van der Waals surface area contributed by atoms with Gasteiger partial charge in [-0.25, -0.2) is 8.42 Å². The van der Waals surface area contributed by atoms with Crippen molar-refractivity contribution in [2.24, 2.45) is 5.73 Å². The molecule has 0 bridgehead atoms. The van der Waals surface area contributed by atoms with E-state index >= 15 is 0 Å². The first-order valence-corrected chi connectivity index (χ1v) is 8.52. The van der Waals surface area contributed by atoms with Gasteiger partial charge in [0.1, 0.15) is 0 Å². The third-order valence-electron chi connectivity index (χ3n) is 3.10. The number of benzene rings is 1. The molecule has 1 aromatic heterocycles. The van der Waals surface area contributed by atoms with Gasteiger partial charge in [-0.05, 0) is 35.4 Å². The predicted molar refractivity (Wildman–Crippen MR) is 82.2 cm³/mol. The largest absolute Gasteiger partial charge is 0.325 e. The fourth-order valence-electron chi connectivity index (χ4n) is 1.96. The lowest BCUT2D eigenvalue weighted by Crippen LogP contribution is -2.13. The molecule has 0 amide bonds. The Morgan fingerprint density at radius 2 is 1.76 bits per heavy atom. The van der Waals surface area contributed by atoms with Crippen molar-refractivity contribution in [1.82, 2.24) is 10.3 Å².